The molecule has 0 rings (SSSR count). The van der Waals surface area contributed by atoms with Gasteiger partial charge in [0.1, 0.15) is 0 Å². The predicted molar refractivity (Wildman–Crippen MR) is 41.2 cm³/mol. The van der Waals surface area contributed by atoms with Gasteiger partial charge in [0.25, 0.3) is 0 Å². The predicted octanol–water partition coefficient (Wildman–Crippen LogP) is 3.15. The monoisotopic (exact) mass is 131 g/mol. The Bertz CT molecular complexity index is 29.4. The highest BCUT2D eigenvalue weighted by Gasteiger charge is 1.84. The molecule has 8 heavy (non-hydrogen) atoms. The summed E-state index contributed by atoms with van der Waals surface area (Å²) in [4.78, 5) is 0. The maximum absolute atomic E-state index is 4.80. The topological polar surface area (TPSA) is 0 Å². The summed E-state index contributed by atoms with van der Waals surface area (Å²) in [5.41, 5.74) is 0. The molecule has 0 unspecified atom stereocenters. The van der Waals surface area contributed by atoms with E-state index < -0.39 is 0 Å². The first-order valence-corrected chi connectivity index (χ1v) is 4.07. The van der Waals surface area contributed by atoms with E-state index in [1.165, 1.54) is 32.1 Å². The van der Waals surface area contributed by atoms with E-state index in [1.807, 2.05) is 0 Å². The lowest BCUT2D eigenvalue weighted by Gasteiger charge is -1.93. The van der Waals surface area contributed by atoms with Crippen molar-refractivity contribution in [2.24, 2.45) is 0 Å². The zero-order chi connectivity index (χ0) is 6.24. The van der Waals surface area contributed by atoms with Crippen LogP contribution < -0.4 is 0 Å². The van der Waals surface area contributed by atoms with Gasteiger partial charge < -0.3 is 0 Å². The van der Waals surface area contributed by atoms with Crippen LogP contribution in [0.2, 0.25) is 0 Å². The summed E-state index contributed by atoms with van der Waals surface area (Å²) < 4.78 is 0. The van der Waals surface area contributed by atoms with Crippen LogP contribution in [0, 0.1) is 0 Å². The molecule has 0 aliphatic rings. The van der Waals surface area contributed by atoms with E-state index >= 15 is 0 Å². The molecule has 0 bridgehead atoms. The van der Waals surface area contributed by atoms with Crippen LogP contribution >= 0.6 is 12.6 Å². The molecule has 0 spiro atoms. The third-order valence-corrected chi connectivity index (χ3v) is 1.54. The first-order chi connectivity index (χ1) is 3.91. The normalized spacial score (nSPS) is 9.75. The fourth-order valence-corrected chi connectivity index (χ4v) is 0.910. The van der Waals surface area contributed by atoms with Crippen LogP contribution in [-0.4, -0.2) is 5.75 Å². The molecule has 1 heteroatoms. The Morgan fingerprint density at radius 2 is 1.62 bits per heavy atom. The Morgan fingerprint density at radius 3 is 2.12 bits per heavy atom. The van der Waals surface area contributed by atoms with Gasteiger partial charge in [-0.2, -0.15) is 0 Å². The van der Waals surface area contributed by atoms with E-state index in [2.05, 4.69) is 6.92 Å². The average molecular weight is 131 g/mol. The Labute approximate surface area is 58.1 Å². The van der Waals surface area contributed by atoms with Crippen molar-refractivity contribution in [3.8, 4) is 0 Å². The van der Waals surface area contributed by atoms with Crippen LogP contribution in [0.3, 0.4) is 0 Å². The summed E-state index contributed by atoms with van der Waals surface area (Å²) in [6.07, 6.45) is 6.69. The van der Waals surface area contributed by atoms with Crippen molar-refractivity contribution in [1.29, 1.82) is 0 Å². The Hall–Kier alpha value is 0.350. The molecule has 0 N–H and O–H groups in total. The van der Waals surface area contributed by atoms with Crippen LogP contribution in [0.1, 0.15) is 39.0 Å². The van der Waals surface area contributed by atoms with Crippen LogP contribution in [0.5, 0.6) is 0 Å². The molecule has 0 aliphatic carbocycles. The van der Waals surface area contributed by atoms with Crippen LogP contribution in [0.25, 0.3) is 0 Å². The molecule has 0 saturated heterocycles. The van der Waals surface area contributed by atoms with Gasteiger partial charge in [-0.15, -0.1) is 0 Å². The molecule has 0 fully saturated rings. The van der Waals surface area contributed by atoms with Gasteiger partial charge in [-0.1, -0.05) is 45.2 Å². The third-order valence-electron chi connectivity index (χ3n) is 1.25. The van der Waals surface area contributed by atoms with Gasteiger partial charge >= 0.3 is 0 Å². The van der Waals surface area contributed by atoms with Gasteiger partial charge in [0.2, 0.25) is 0 Å². The first-order valence-electron chi connectivity index (χ1n) is 3.50. The molecule has 49 valence electrons. The van der Waals surface area contributed by atoms with Gasteiger partial charge in [-0.25, -0.2) is 0 Å². The second-order valence-electron chi connectivity index (χ2n) is 2.12. The zero-order valence-electron chi connectivity index (χ0n) is 5.65. The minimum Gasteiger partial charge on any atom is -0.0942 e. The third kappa shape index (κ3) is 6.35. The van der Waals surface area contributed by atoms with Crippen molar-refractivity contribution in [2.45, 2.75) is 39.0 Å². The maximum atomic E-state index is 4.80. The molecule has 0 aliphatic heterocycles. The van der Waals surface area contributed by atoms with Gasteiger partial charge in [0.15, 0.2) is 0 Å². The number of rotatable bonds is 5. The molecule has 0 amide bonds. The lowest BCUT2D eigenvalue weighted by atomic mass is 10.2. The lowest BCUT2D eigenvalue weighted by molar-refractivity contribution is 0.660. The summed E-state index contributed by atoms with van der Waals surface area (Å²) >= 11 is 4.80. The van der Waals surface area contributed by atoms with E-state index in [1.54, 1.807) is 0 Å². The standard InChI is InChI=1S/C7H15S/c1-2-3-4-5-6-7-8/h2-7H2,1H3. The molecule has 0 nitrogen and oxygen atoms in total. The summed E-state index contributed by atoms with van der Waals surface area (Å²) in [5.74, 6) is 0.948. The quantitative estimate of drug-likeness (QED) is 0.503. The van der Waals surface area contributed by atoms with E-state index in [9.17, 15) is 0 Å². The van der Waals surface area contributed by atoms with Crippen molar-refractivity contribution < 1.29 is 0 Å². The molecule has 0 aromatic rings. The van der Waals surface area contributed by atoms with Crippen LogP contribution in [-0.2, 0) is 0 Å². The van der Waals surface area contributed by atoms with Crippen LogP contribution in [0.4, 0.5) is 0 Å². The fourth-order valence-electron chi connectivity index (χ4n) is 0.706. The molecule has 0 aromatic heterocycles. The zero-order valence-corrected chi connectivity index (χ0v) is 6.47. The summed E-state index contributed by atoms with van der Waals surface area (Å²) in [7, 11) is 0. The van der Waals surface area contributed by atoms with E-state index in [-0.39, 0.29) is 0 Å². The van der Waals surface area contributed by atoms with Gasteiger partial charge in [0.05, 0.1) is 0 Å². The number of unbranched alkanes of at least 4 members (excludes halogenated alkanes) is 4. The highest BCUT2D eigenvalue weighted by molar-refractivity contribution is 7.80. The summed E-state index contributed by atoms with van der Waals surface area (Å²) in [6, 6.07) is 0. The lowest BCUT2D eigenvalue weighted by Crippen LogP contribution is -1.76. The highest BCUT2D eigenvalue weighted by Crippen LogP contribution is 2.02. The summed E-state index contributed by atoms with van der Waals surface area (Å²) in [5, 5.41) is 0. The molecule has 0 atom stereocenters. The second-order valence-corrected chi connectivity index (χ2v) is 2.53. The van der Waals surface area contributed by atoms with Crippen molar-refractivity contribution in [3.63, 3.8) is 0 Å². The molecule has 0 aromatic carbocycles. The smallest absolute Gasteiger partial charge is 0.00369 e. The van der Waals surface area contributed by atoms with E-state index in [4.69, 9.17) is 12.6 Å². The molecule has 0 saturated carbocycles. The van der Waals surface area contributed by atoms with Gasteiger partial charge in [0, 0.05) is 5.75 Å². The van der Waals surface area contributed by atoms with Gasteiger partial charge in [-0.3, -0.25) is 0 Å². The fraction of sp³-hybridized carbons (Fsp3) is 1.00. The van der Waals surface area contributed by atoms with Crippen molar-refractivity contribution in [1.82, 2.24) is 0 Å². The van der Waals surface area contributed by atoms with E-state index in [0.717, 1.165) is 5.75 Å². The maximum Gasteiger partial charge on any atom is 0.00369 e. The van der Waals surface area contributed by atoms with Crippen molar-refractivity contribution in [3.05, 3.63) is 0 Å². The largest absolute Gasteiger partial charge is 0.0942 e. The molecule has 0 heterocycles. The molecular weight excluding hydrogens is 116 g/mol. The van der Waals surface area contributed by atoms with E-state index in [0.29, 0.717) is 0 Å². The van der Waals surface area contributed by atoms with Crippen molar-refractivity contribution >= 4 is 12.6 Å². The Kier molecular flexibility index (Phi) is 7.67. The second kappa shape index (κ2) is 7.35. The molecular formula is C7H15S. The summed E-state index contributed by atoms with van der Waals surface area (Å²) in [6.45, 7) is 2.23. The Morgan fingerprint density at radius 1 is 1.00 bits per heavy atom. The number of hydrogen-bond donors (Lipinski definition) is 0. The molecule has 1 radical (unpaired) electrons. The SMILES string of the molecule is CCCCCCC[S]. The highest BCUT2D eigenvalue weighted by atomic mass is 32.1. The van der Waals surface area contributed by atoms with Crippen LogP contribution in [0.15, 0.2) is 0 Å². The minimum atomic E-state index is 0.948. The number of hydrogen-bond acceptors (Lipinski definition) is 0. The minimum absolute atomic E-state index is 0.948. The van der Waals surface area contributed by atoms with Crippen molar-refractivity contribution in [2.75, 3.05) is 5.75 Å². The average Bonchev–Trinajstić information content (AvgIpc) is 1.81. The first kappa shape index (κ1) is 8.35. The van der Waals surface area contributed by atoms with Gasteiger partial charge in [-0.05, 0) is 6.42 Å². The Balaban J connectivity index is 2.53.